The molecule has 0 amide bonds. The standard InChI is InChI=1S/C16H26N4O2/c1-4-7-20-8-5-13(6-9-20)10-14-17-15(21-19-14)16(3)11-12(2)18-22-16/h13H,4-11H2,1-3H3/t16-/m1/s1. The van der Waals surface area contributed by atoms with E-state index in [1.165, 1.54) is 38.9 Å². The van der Waals surface area contributed by atoms with E-state index >= 15 is 0 Å². The molecule has 0 unspecified atom stereocenters. The summed E-state index contributed by atoms with van der Waals surface area (Å²) in [6.45, 7) is 9.74. The van der Waals surface area contributed by atoms with Crippen LogP contribution in [-0.4, -0.2) is 40.4 Å². The highest BCUT2D eigenvalue weighted by Gasteiger charge is 2.40. The van der Waals surface area contributed by atoms with Crippen molar-refractivity contribution < 1.29 is 9.36 Å². The van der Waals surface area contributed by atoms with E-state index < -0.39 is 5.60 Å². The van der Waals surface area contributed by atoms with Crippen LogP contribution in [0.3, 0.4) is 0 Å². The second kappa shape index (κ2) is 6.36. The maximum atomic E-state index is 5.47. The van der Waals surface area contributed by atoms with Gasteiger partial charge in [-0.2, -0.15) is 4.98 Å². The van der Waals surface area contributed by atoms with Crippen molar-refractivity contribution in [1.82, 2.24) is 15.0 Å². The first-order valence-corrected chi connectivity index (χ1v) is 8.36. The Labute approximate surface area is 131 Å². The minimum absolute atomic E-state index is 0.548. The fourth-order valence-corrected chi connectivity index (χ4v) is 3.39. The van der Waals surface area contributed by atoms with Gasteiger partial charge in [0.25, 0.3) is 5.89 Å². The second-order valence-electron chi connectivity index (χ2n) is 6.83. The van der Waals surface area contributed by atoms with Crippen molar-refractivity contribution in [2.45, 2.75) is 58.5 Å². The predicted molar refractivity (Wildman–Crippen MR) is 83.6 cm³/mol. The number of hydrogen-bond donors (Lipinski definition) is 0. The summed E-state index contributed by atoms with van der Waals surface area (Å²) in [6, 6.07) is 0. The molecule has 6 heteroatoms. The molecule has 2 aliphatic rings. The summed E-state index contributed by atoms with van der Waals surface area (Å²) in [5.41, 5.74) is 0.380. The summed E-state index contributed by atoms with van der Waals surface area (Å²) in [6.07, 6.45) is 5.29. The topological polar surface area (TPSA) is 63.8 Å². The Morgan fingerprint density at radius 2 is 2.09 bits per heavy atom. The fraction of sp³-hybridized carbons (Fsp3) is 0.812. The molecule has 1 aromatic heterocycles. The van der Waals surface area contributed by atoms with Crippen LogP contribution >= 0.6 is 0 Å². The van der Waals surface area contributed by atoms with Crippen molar-refractivity contribution in [1.29, 1.82) is 0 Å². The van der Waals surface area contributed by atoms with E-state index in [0.717, 1.165) is 18.0 Å². The first kappa shape index (κ1) is 15.5. The molecular formula is C16H26N4O2. The number of oxime groups is 1. The van der Waals surface area contributed by atoms with Gasteiger partial charge in [0.05, 0.1) is 5.71 Å². The fourth-order valence-electron chi connectivity index (χ4n) is 3.39. The number of hydrogen-bond acceptors (Lipinski definition) is 6. The number of nitrogens with zero attached hydrogens (tertiary/aromatic N) is 4. The predicted octanol–water partition coefficient (Wildman–Crippen LogP) is 2.75. The molecule has 3 heterocycles. The van der Waals surface area contributed by atoms with E-state index in [9.17, 15) is 0 Å². The number of rotatable bonds is 5. The van der Waals surface area contributed by atoms with Gasteiger partial charge in [0.2, 0.25) is 5.60 Å². The van der Waals surface area contributed by atoms with Crippen LogP contribution in [0.25, 0.3) is 0 Å². The zero-order chi connectivity index (χ0) is 15.6. The molecule has 0 radical (unpaired) electrons. The van der Waals surface area contributed by atoms with Crippen molar-refractivity contribution >= 4 is 5.71 Å². The summed E-state index contributed by atoms with van der Waals surface area (Å²) < 4.78 is 5.43. The first-order valence-electron chi connectivity index (χ1n) is 8.36. The van der Waals surface area contributed by atoms with Gasteiger partial charge in [-0.25, -0.2) is 0 Å². The zero-order valence-electron chi connectivity index (χ0n) is 13.8. The van der Waals surface area contributed by atoms with Crippen LogP contribution in [0.4, 0.5) is 0 Å². The van der Waals surface area contributed by atoms with Crippen molar-refractivity contribution in [2.75, 3.05) is 19.6 Å². The molecule has 6 nitrogen and oxygen atoms in total. The molecule has 1 aromatic rings. The third kappa shape index (κ3) is 3.32. The van der Waals surface area contributed by atoms with Crippen LogP contribution in [0.5, 0.6) is 0 Å². The van der Waals surface area contributed by atoms with Gasteiger partial charge in [-0.05, 0) is 58.7 Å². The third-order valence-corrected chi connectivity index (χ3v) is 4.63. The van der Waals surface area contributed by atoms with E-state index in [-0.39, 0.29) is 0 Å². The van der Waals surface area contributed by atoms with E-state index in [2.05, 4.69) is 27.1 Å². The summed E-state index contributed by atoms with van der Waals surface area (Å²) in [5, 5.41) is 8.15. The van der Waals surface area contributed by atoms with Crippen LogP contribution in [0.15, 0.2) is 9.68 Å². The molecule has 0 N–H and O–H groups in total. The Bertz CT molecular complexity index is 534. The molecule has 1 atom stereocenters. The van der Waals surface area contributed by atoms with Crippen molar-refractivity contribution in [3.05, 3.63) is 11.7 Å². The summed E-state index contributed by atoms with van der Waals surface area (Å²) in [7, 11) is 0. The number of likely N-dealkylation sites (tertiary alicyclic amines) is 1. The Morgan fingerprint density at radius 1 is 1.32 bits per heavy atom. The second-order valence-corrected chi connectivity index (χ2v) is 6.83. The molecule has 122 valence electrons. The van der Waals surface area contributed by atoms with Crippen molar-refractivity contribution in [2.24, 2.45) is 11.1 Å². The quantitative estimate of drug-likeness (QED) is 0.837. The van der Waals surface area contributed by atoms with E-state index in [4.69, 9.17) is 9.36 Å². The van der Waals surface area contributed by atoms with Crippen molar-refractivity contribution in [3.8, 4) is 0 Å². The first-order chi connectivity index (χ1) is 10.6. The highest BCUT2D eigenvalue weighted by molar-refractivity contribution is 5.83. The average Bonchev–Trinajstić information content (AvgIpc) is 3.09. The molecule has 1 fully saturated rings. The van der Waals surface area contributed by atoms with Crippen LogP contribution in [0.2, 0.25) is 0 Å². The van der Waals surface area contributed by atoms with Crippen LogP contribution < -0.4 is 0 Å². The Hall–Kier alpha value is -1.43. The molecule has 0 spiro atoms. The highest BCUT2D eigenvalue weighted by Crippen LogP contribution is 2.33. The van der Waals surface area contributed by atoms with Gasteiger partial charge in [-0.1, -0.05) is 17.2 Å². The maximum Gasteiger partial charge on any atom is 0.273 e. The molecule has 0 saturated carbocycles. The molecule has 2 aliphatic heterocycles. The third-order valence-electron chi connectivity index (χ3n) is 4.63. The molecular weight excluding hydrogens is 280 g/mol. The van der Waals surface area contributed by atoms with Crippen LogP contribution in [0, 0.1) is 5.92 Å². The van der Waals surface area contributed by atoms with E-state index in [0.29, 0.717) is 18.2 Å². The molecule has 0 aromatic carbocycles. The molecule has 1 saturated heterocycles. The Morgan fingerprint density at radius 3 is 2.73 bits per heavy atom. The molecule has 3 rings (SSSR count). The summed E-state index contributed by atoms with van der Waals surface area (Å²) in [4.78, 5) is 12.6. The molecule has 22 heavy (non-hydrogen) atoms. The van der Waals surface area contributed by atoms with Gasteiger partial charge in [0.1, 0.15) is 0 Å². The molecule has 0 bridgehead atoms. The van der Waals surface area contributed by atoms with Crippen LogP contribution in [0.1, 0.15) is 58.2 Å². The minimum Gasteiger partial charge on any atom is -0.379 e. The normalized spacial score (nSPS) is 27.0. The smallest absolute Gasteiger partial charge is 0.273 e. The monoisotopic (exact) mass is 306 g/mol. The Kier molecular flexibility index (Phi) is 4.47. The lowest BCUT2D eigenvalue weighted by Gasteiger charge is -2.31. The summed E-state index contributed by atoms with van der Waals surface area (Å²) >= 11 is 0. The lowest BCUT2D eigenvalue weighted by Crippen LogP contribution is -2.34. The van der Waals surface area contributed by atoms with Gasteiger partial charge in [0, 0.05) is 12.8 Å². The van der Waals surface area contributed by atoms with Gasteiger partial charge in [0.15, 0.2) is 5.82 Å². The van der Waals surface area contributed by atoms with Gasteiger partial charge in [-0.15, -0.1) is 0 Å². The van der Waals surface area contributed by atoms with E-state index in [1.54, 1.807) is 0 Å². The lowest BCUT2D eigenvalue weighted by atomic mass is 9.93. The lowest BCUT2D eigenvalue weighted by molar-refractivity contribution is -0.0313. The molecule has 0 aliphatic carbocycles. The highest BCUT2D eigenvalue weighted by atomic mass is 16.7. The van der Waals surface area contributed by atoms with Gasteiger partial charge >= 0.3 is 0 Å². The van der Waals surface area contributed by atoms with Gasteiger partial charge in [-0.3, -0.25) is 0 Å². The zero-order valence-corrected chi connectivity index (χ0v) is 13.8. The van der Waals surface area contributed by atoms with Gasteiger partial charge < -0.3 is 14.3 Å². The van der Waals surface area contributed by atoms with Crippen molar-refractivity contribution in [3.63, 3.8) is 0 Å². The largest absolute Gasteiger partial charge is 0.379 e. The number of piperidine rings is 1. The minimum atomic E-state index is -0.584. The SMILES string of the molecule is CCCN1CCC(Cc2noc([C@@]3(C)CC(C)=NO3)n2)CC1. The number of aromatic nitrogens is 2. The van der Waals surface area contributed by atoms with Crippen LogP contribution in [-0.2, 0) is 16.9 Å². The Balaban J connectivity index is 1.55. The maximum absolute atomic E-state index is 5.47. The summed E-state index contributed by atoms with van der Waals surface area (Å²) in [5.74, 6) is 2.01. The van der Waals surface area contributed by atoms with E-state index in [1.807, 2.05) is 13.8 Å². The average molecular weight is 306 g/mol.